The Morgan fingerprint density at radius 3 is 2.76 bits per heavy atom. The molecule has 0 aliphatic rings. The zero-order valence-electron chi connectivity index (χ0n) is 10.2. The van der Waals surface area contributed by atoms with Crippen LogP contribution in [0, 0.1) is 0 Å². The second-order valence-electron chi connectivity index (χ2n) is 4.19. The summed E-state index contributed by atoms with van der Waals surface area (Å²) in [5, 5.41) is 3.29. The highest BCUT2D eigenvalue weighted by Crippen LogP contribution is 2.19. The number of carbonyl (C=O) groups is 1. The number of nitrogens with one attached hydrogen (secondary N) is 1. The van der Waals surface area contributed by atoms with Crippen molar-refractivity contribution in [2.75, 3.05) is 20.6 Å². The van der Waals surface area contributed by atoms with Crippen LogP contribution in [-0.4, -0.2) is 37.5 Å². The molecule has 94 valence electrons. The van der Waals surface area contributed by atoms with Crippen molar-refractivity contribution in [1.29, 1.82) is 0 Å². The molecule has 1 atom stereocenters. The van der Waals surface area contributed by atoms with Crippen molar-refractivity contribution >= 4 is 30.1 Å². The van der Waals surface area contributed by atoms with Gasteiger partial charge < -0.3 is 10.2 Å². The van der Waals surface area contributed by atoms with Crippen LogP contribution in [0.4, 0.5) is 0 Å². The molecule has 1 N–H and O–H groups in total. The van der Waals surface area contributed by atoms with Gasteiger partial charge in [0.25, 0.3) is 5.91 Å². The first-order valence-corrected chi connectivity index (χ1v) is 6.17. The summed E-state index contributed by atoms with van der Waals surface area (Å²) in [6.07, 6.45) is 0. The van der Waals surface area contributed by atoms with Gasteiger partial charge in [-0.05, 0) is 39.2 Å². The molecule has 1 aromatic carbocycles. The topological polar surface area (TPSA) is 32.3 Å². The van der Waals surface area contributed by atoms with Gasteiger partial charge in [0.1, 0.15) is 0 Å². The minimum absolute atomic E-state index is 0.167. The molecule has 0 aliphatic heterocycles. The van der Waals surface area contributed by atoms with E-state index in [2.05, 4.69) is 17.9 Å². The zero-order chi connectivity index (χ0) is 13.0. The Bertz CT molecular complexity index is 409. The highest BCUT2D eigenvalue weighted by Gasteiger charge is 2.12. The Labute approximate surface area is 113 Å². The smallest absolute Gasteiger partial charge is 0.252 e. The van der Waals surface area contributed by atoms with E-state index in [9.17, 15) is 4.79 Å². The third-order valence-electron chi connectivity index (χ3n) is 2.63. The van der Waals surface area contributed by atoms with Gasteiger partial charge in [-0.1, -0.05) is 11.6 Å². The number of halogens is 1. The van der Waals surface area contributed by atoms with E-state index in [1.165, 1.54) is 0 Å². The molecule has 0 saturated heterocycles. The number of hydrogen-bond acceptors (Lipinski definition) is 3. The van der Waals surface area contributed by atoms with E-state index in [1.54, 1.807) is 18.2 Å². The molecule has 0 aromatic heterocycles. The average Bonchev–Trinajstić information content (AvgIpc) is 2.28. The first-order chi connectivity index (χ1) is 7.91. The van der Waals surface area contributed by atoms with Crippen molar-refractivity contribution in [1.82, 2.24) is 10.2 Å². The van der Waals surface area contributed by atoms with E-state index in [1.807, 2.05) is 25.9 Å². The van der Waals surface area contributed by atoms with Crippen LogP contribution in [0.2, 0.25) is 5.02 Å². The number of benzene rings is 1. The van der Waals surface area contributed by atoms with Gasteiger partial charge in [-0.2, -0.15) is 0 Å². The maximum atomic E-state index is 11.9. The van der Waals surface area contributed by atoms with Crippen molar-refractivity contribution < 1.29 is 4.79 Å². The number of amides is 1. The van der Waals surface area contributed by atoms with E-state index in [4.69, 9.17) is 11.6 Å². The summed E-state index contributed by atoms with van der Waals surface area (Å²) in [5.41, 5.74) is 0.463. The van der Waals surface area contributed by atoms with Gasteiger partial charge in [0.15, 0.2) is 0 Å². The molecule has 1 rings (SSSR count). The normalized spacial score (nSPS) is 12.6. The van der Waals surface area contributed by atoms with Gasteiger partial charge in [-0.3, -0.25) is 4.79 Å². The van der Waals surface area contributed by atoms with Gasteiger partial charge in [0, 0.05) is 17.5 Å². The predicted molar refractivity (Wildman–Crippen MR) is 74.2 cm³/mol. The standard InChI is InChI=1S/C12H17ClN2OS/c1-8(15(2)3)7-14-12(16)10-6-9(17)4-5-11(10)13/h4-6,8,17H,7H2,1-3H3,(H,14,16). The molecule has 0 bridgehead atoms. The fraction of sp³-hybridized carbons (Fsp3) is 0.417. The van der Waals surface area contributed by atoms with Crippen LogP contribution < -0.4 is 5.32 Å². The second-order valence-corrected chi connectivity index (χ2v) is 5.11. The summed E-state index contributed by atoms with van der Waals surface area (Å²) < 4.78 is 0. The van der Waals surface area contributed by atoms with Gasteiger partial charge in [-0.25, -0.2) is 0 Å². The summed E-state index contributed by atoms with van der Waals surface area (Å²) in [4.78, 5) is 14.7. The van der Waals surface area contributed by atoms with E-state index in [0.29, 0.717) is 17.1 Å². The van der Waals surface area contributed by atoms with Crippen molar-refractivity contribution in [3.05, 3.63) is 28.8 Å². The van der Waals surface area contributed by atoms with Crippen LogP contribution in [0.5, 0.6) is 0 Å². The molecule has 5 heteroatoms. The Hall–Kier alpha value is -0.710. The van der Waals surface area contributed by atoms with Gasteiger partial charge in [0.05, 0.1) is 10.6 Å². The lowest BCUT2D eigenvalue weighted by atomic mass is 10.2. The monoisotopic (exact) mass is 272 g/mol. The summed E-state index contributed by atoms with van der Waals surface area (Å²) in [6, 6.07) is 5.37. The highest BCUT2D eigenvalue weighted by molar-refractivity contribution is 7.80. The zero-order valence-corrected chi connectivity index (χ0v) is 11.8. The second kappa shape index (κ2) is 6.28. The minimum atomic E-state index is -0.167. The largest absolute Gasteiger partial charge is 0.350 e. The van der Waals surface area contributed by atoms with Gasteiger partial charge in [0.2, 0.25) is 0 Å². The molecule has 17 heavy (non-hydrogen) atoms. The maximum Gasteiger partial charge on any atom is 0.252 e. The van der Waals surface area contributed by atoms with Crippen molar-refractivity contribution in [2.24, 2.45) is 0 Å². The predicted octanol–water partition coefficient (Wildman–Crippen LogP) is 2.31. The molecule has 0 heterocycles. The molecule has 0 aliphatic carbocycles. The lowest BCUT2D eigenvalue weighted by molar-refractivity contribution is 0.0943. The first kappa shape index (κ1) is 14.4. The Balaban J connectivity index is 2.67. The molecule has 1 amide bonds. The Morgan fingerprint density at radius 2 is 2.18 bits per heavy atom. The molecule has 1 unspecified atom stereocenters. The third kappa shape index (κ3) is 4.22. The molecule has 1 aromatic rings. The number of hydrogen-bond donors (Lipinski definition) is 2. The van der Waals surface area contributed by atoms with E-state index < -0.39 is 0 Å². The van der Waals surface area contributed by atoms with E-state index in [0.717, 1.165) is 4.90 Å². The lowest BCUT2D eigenvalue weighted by Gasteiger charge is -2.20. The SMILES string of the molecule is CC(CNC(=O)c1cc(S)ccc1Cl)N(C)C. The molecular weight excluding hydrogens is 256 g/mol. The molecule has 0 spiro atoms. The van der Waals surface area contributed by atoms with Crippen LogP contribution in [0.25, 0.3) is 0 Å². The number of rotatable bonds is 4. The van der Waals surface area contributed by atoms with Crippen LogP contribution >= 0.6 is 24.2 Å². The number of likely N-dealkylation sites (N-methyl/N-ethyl adjacent to an activating group) is 1. The van der Waals surface area contributed by atoms with Crippen molar-refractivity contribution in [2.45, 2.75) is 17.9 Å². The number of nitrogens with zero attached hydrogens (tertiary/aromatic N) is 1. The molecule has 0 radical (unpaired) electrons. The van der Waals surface area contributed by atoms with Crippen molar-refractivity contribution in [3.8, 4) is 0 Å². The highest BCUT2D eigenvalue weighted by atomic mass is 35.5. The van der Waals surface area contributed by atoms with Crippen LogP contribution in [0.3, 0.4) is 0 Å². The minimum Gasteiger partial charge on any atom is -0.350 e. The Kier molecular flexibility index (Phi) is 5.31. The van der Waals surface area contributed by atoms with E-state index in [-0.39, 0.29) is 11.9 Å². The quantitative estimate of drug-likeness (QED) is 0.825. The first-order valence-electron chi connectivity index (χ1n) is 5.35. The summed E-state index contributed by atoms with van der Waals surface area (Å²) in [5.74, 6) is -0.167. The summed E-state index contributed by atoms with van der Waals surface area (Å²) in [7, 11) is 3.94. The lowest BCUT2D eigenvalue weighted by Crippen LogP contribution is -2.38. The summed E-state index contributed by atoms with van der Waals surface area (Å²) in [6.45, 7) is 2.62. The molecular formula is C12H17ClN2OS. The van der Waals surface area contributed by atoms with Crippen LogP contribution in [-0.2, 0) is 0 Å². The van der Waals surface area contributed by atoms with E-state index >= 15 is 0 Å². The molecule has 0 saturated carbocycles. The fourth-order valence-corrected chi connectivity index (χ4v) is 1.61. The van der Waals surface area contributed by atoms with Gasteiger partial charge >= 0.3 is 0 Å². The average molecular weight is 273 g/mol. The van der Waals surface area contributed by atoms with Crippen LogP contribution in [0.1, 0.15) is 17.3 Å². The molecule has 3 nitrogen and oxygen atoms in total. The van der Waals surface area contributed by atoms with Crippen LogP contribution in [0.15, 0.2) is 23.1 Å². The molecule has 0 fully saturated rings. The number of thiol groups is 1. The summed E-state index contributed by atoms with van der Waals surface area (Å²) >= 11 is 10.2. The van der Waals surface area contributed by atoms with Crippen molar-refractivity contribution in [3.63, 3.8) is 0 Å². The Morgan fingerprint density at radius 1 is 1.53 bits per heavy atom. The maximum absolute atomic E-state index is 11.9. The number of carbonyl (C=O) groups excluding carboxylic acids is 1. The fourth-order valence-electron chi connectivity index (χ4n) is 1.21. The van der Waals surface area contributed by atoms with Gasteiger partial charge in [-0.15, -0.1) is 12.6 Å². The third-order valence-corrected chi connectivity index (χ3v) is 3.24.